The molecule has 0 saturated carbocycles. The summed E-state index contributed by atoms with van der Waals surface area (Å²) < 4.78 is 0. The van der Waals surface area contributed by atoms with Crippen LogP contribution in [0.1, 0.15) is 31.9 Å². The lowest BCUT2D eigenvalue weighted by atomic mass is 9.88. The number of hydrogen-bond acceptors (Lipinski definition) is 2. The summed E-state index contributed by atoms with van der Waals surface area (Å²) in [6, 6.07) is 9.15. The second-order valence-electron chi connectivity index (χ2n) is 4.65. The first-order valence-corrected chi connectivity index (χ1v) is 5.08. The number of benzene rings is 1. The molecule has 15 heavy (non-hydrogen) atoms. The first-order chi connectivity index (χ1) is 7.02. The van der Waals surface area contributed by atoms with E-state index in [0.29, 0.717) is 11.5 Å². The molecule has 1 aromatic rings. The van der Waals surface area contributed by atoms with Gasteiger partial charge in [-0.3, -0.25) is 4.79 Å². The zero-order valence-electron chi connectivity index (χ0n) is 8.93. The second-order valence-corrected chi connectivity index (χ2v) is 4.65. The second kappa shape index (κ2) is 3.35. The van der Waals surface area contributed by atoms with Crippen LogP contribution >= 0.6 is 0 Å². The third-order valence-electron chi connectivity index (χ3n) is 2.95. The van der Waals surface area contributed by atoms with E-state index < -0.39 is 5.41 Å². The molecule has 0 bridgehead atoms. The third-order valence-corrected chi connectivity index (χ3v) is 2.95. The molecule has 1 atom stereocenters. The number of nitrogens with zero attached hydrogens (tertiary/aromatic N) is 1. The van der Waals surface area contributed by atoms with Gasteiger partial charge < -0.3 is 10.3 Å². The average Bonchev–Trinajstić information content (AvgIpc) is 2.44. The Hall–Kier alpha value is -1.35. The summed E-state index contributed by atoms with van der Waals surface area (Å²) in [5.41, 5.74) is 0.397. The van der Waals surface area contributed by atoms with Crippen molar-refractivity contribution in [3.05, 3.63) is 41.1 Å². The van der Waals surface area contributed by atoms with Gasteiger partial charge in [-0.2, -0.15) is 0 Å². The van der Waals surface area contributed by atoms with Gasteiger partial charge in [-0.15, -0.1) is 0 Å². The number of hydroxylamine groups is 2. The molecule has 0 spiro atoms. The van der Waals surface area contributed by atoms with Crippen LogP contribution in [0, 0.1) is 10.6 Å². The predicted molar refractivity (Wildman–Crippen MR) is 57.8 cm³/mol. The summed E-state index contributed by atoms with van der Waals surface area (Å²) in [6.07, 6.45) is 0.597. The molecular formula is C12H14NO2-. The molecule has 1 aromatic carbocycles. The summed E-state index contributed by atoms with van der Waals surface area (Å²) in [4.78, 5) is 11.6. The molecule has 0 N–H and O–H groups in total. The van der Waals surface area contributed by atoms with E-state index in [1.54, 1.807) is 0 Å². The summed E-state index contributed by atoms with van der Waals surface area (Å²) in [5.74, 6) is -0.309. The summed E-state index contributed by atoms with van der Waals surface area (Å²) >= 11 is 0. The van der Waals surface area contributed by atoms with Crippen molar-refractivity contribution in [3.63, 3.8) is 0 Å². The Morgan fingerprint density at radius 3 is 2.40 bits per heavy atom. The molecule has 0 aromatic heterocycles. The van der Waals surface area contributed by atoms with Gasteiger partial charge >= 0.3 is 0 Å². The minimum Gasteiger partial charge on any atom is -0.756 e. The van der Waals surface area contributed by atoms with Crippen LogP contribution in [-0.4, -0.2) is 11.0 Å². The van der Waals surface area contributed by atoms with Crippen LogP contribution in [0.25, 0.3) is 0 Å². The molecule has 0 aliphatic carbocycles. The van der Waals surface area contributed by atoms with Crippen molar-refractivity contribution >= 4 is 5.91 Å². The largest absolute Gasteiger partial charge is 0.756 e. The summed E-state index contributed by atoms with van der Waals surface area (Å²) in [6.45, 7) is 3.65. The van der Waals surface area contributed by atoms with E-state index in [0.717, 1.165) is 5.56 Å². The zero-order valence-corrected chi connectivity index (χ0v) is 8.93. The Kier molecular flexibility index (Phi) is 2.27. The van der Waals surface area contributed by atoms with Crippen LogP contribution in [0.3, 0.4) is 0 Å². The van der Waals surface area contributed by atoms with E-state index in [1.807, 2.05) is 44.2 Å². The van der Waals surface area contributed by atoms with Crippen molar-refractivity contribution in [2.75, 3.05) is 0 Å². The molecule has 3 nitrogen and oxygen atoms in total. The van der Waals surface area contributed by atoms with Crippen molar-refractivity contribution in [2.24, 2.45) is 5.41 Å². The van der Waals surface area contributed by atoms with Crippen LogP contribution in [0.15, 0.2) is 30.3 Å². The standard InChI is InChI=1S/C12H14NO2/c1-12(2)8-10(13(15)11(12)14)9-6-4-3-5-7-9/h3-7,10H,8H2,1-2H3/q-1. The molecule has 1 aliphatic heterocycles. The van der Waals surface area contributed by atoms with Gasteiger partial charge in [0.1, 0.15) is 0 Å². The normalized spacial score (nSPS) is 24.6. The topological polar surface area (TPSA) is 43.4 Å². The molecule has 2 rings (SSSR count). The van der Waals surface area contributed by atoms with E-state index >= 15 is 0 Å². The summed E-state index contributed by atoms with van der Waals surface area (Å²) in [5, 5.41) is 12.3. The van der Waals surface area contributed by atoms with Gasteiger partial charge in [0.25, 0.3) is 0 Å². The fourth-order valence-corrected chi connectivity index (χ4v) is 2.02. The van der Waals surface area contributed by atoms with Gasteiger partial charge in [-0.25, -0.2) is 0 Å². The van der Waals surface area contributed by atoms with E-state index in [1.165, 1.54) is 0 Å². The Labute approximate surface area is 89.3 Å². The molecule has 80 valence electrons. The van der Waals surface area contributed by atoms with Crippen LogP contribution in [-0.2, 0) is 4.79 Å². The van der Waals surface area contributed by atoms with Crippen molar-refractivity contribution in [1.82, 2.24) is 5.06 Å². The van der Waals surface area contributed by atoms with Crippen LogP contribution in [0.2, 0.25) is 0 Å². The molecule has 0 radical (unpaired) electrons. The minimum atomic E-state index is -0.526. The number of carbonyl (C=O) groups is 1. The number of carbonyl (C=O) groups excluding carboxylic acids is 1. The van der Waals surface area contributed by atoms with Crippen LogP contribution in [0.5, 0.6) is 0 Å². The van der Waals surface area contributed by atoms with E-state index in [-0.39, 0.29) is 11.9 Å². The molecule has 1 amide bonds. The monoisotopic (exact) mass is 204 g/mol. The number of rotatable bonds is 1. The predicted octanol–water partition coefficient (Wildman–Crippen LogP) is 2.48. The lowest BCUT2D eigenvalue weighted by molar-refractivity contribution is -0.133. The highest BCUT2D eigenvalue weighted by Gasteiger charge is 2.41. The van der Waals surface area contributed by atoms with Gasteiger partial charge in [0.15, 0.2) is 0 Å². The molecule has 3 heteroatoms. The maximum Gasteiger partial charge on any atom is 0.218 e. The maximum absolute atomic E-state index is 11.7. The van der Waals surface area contributed by atoms with E-state index in [4.69, 9.17) is 0 Å². The number of hydrogen-bond donors (Lipinski definition) is 0. The van der Waals surface area contributed by atoms with Crippen molar-refractivity contribution in [1.29, 1.82) is 0 Å². The third kappa shape index (κ3) is 1.63. The molecule has 1 unspecified atom stereocenters. The Morgan fingerprint density at radius 1 is 1.33 bits per heavy atom. The quantitative estimate of drug-likeness (QED) is 0.705. The van der Waals surface area contributed by atoms with E-state index in [9.17, 15) is 10.0 Å². The maximum atomic E-state index is 11.7. The number of amides is 1. The molecular weight excluding hydrogens is 190 g/mol. The smallest absolute Gasteiger partial charge is 0.218 e. The highest BCUT2D eigenvalue weighted by atomic mass is 16.5. The average molecular weight is 204 g/mol. The van der Waals surface area contributed by atoms with Gasteiger partial charge in [0.2, 0.25) is 5.91 Å². The Morgan fingerprint density at radius 2 is 1.93 bits per heavy atom. The zero-order chi connectivity index (χ0) is 11.1. The van der Waals surface area contributed by atoms with Crippen LogP contribution < -0.4 is 0 Å². The molecule has 1 heterocycles. The van der Waals surface area contributed by atoms with E-state index in [2.05, 4.69) is 0 Å². The minimum absolute atomic E-state index is 0.309. The highest BCUT2D eigenvalue weighted by molar-refractivity contribution is 5.85. The first kappa shape index (κ1) is 10.2. The molecule has 1 aliphatic rings. The first-order valence-electron chi connectivity index (χ1n) is 5.08. The van der Waals surface area contributed by atoms with Gasteiger partial charge in [0, 0.05) is 11.5 Å². The van der Waals surface area contributed by atoms with Gasteiger partial charge in [-0.1, -0.05) is 44.2 Å². The van der Waals surface area contributed by atoms with Crippen molar-refractivity contribution in [2.45, 2.75) is 26.3 Å². The SMILES string of the molecule is CC1(C)CC(c2ccccc2)N([O-])C1=O. The fourth-order valence-electron chi connectivity index (χ4n) is 2.02. The lowest BCUT2D eigenvalue weighted by Gasteiger charge is -2.30. The summed E-state index contributed by atoms with van der Waals surface area (Å²) in [7, 11) is 0. The lowest BCUT2D eigenvalue weighted by Crippen LogP contribution is -2.27. The fraction of sp³-hybridized carbons (Fsp3) is 0.417. The Balaban J connectivity index is 2.31. The highest BCUT2D eigenvalue weighted by Crippen LogP contribution is 2.42. The van der Waals surface area contributed by atoms with Crippen molar-refractivity contribution < 1.29 is 4.79 Å². The van der Waals surface area contributed by atoms with Gasteiger partial charge in [-0.05, 0) is 12.0 Å². The van der Waals surface area contributed by atoms with Gasteiger partial charge in [0.05, 0.1) is 0 Å². The molecule has 1 fully saturated rings. The van der Waals surface area contributed by atoms with Crippen molar-refractivity contribution in [3.8, 4) is 0 Å². The Bertz CT molecular complexity index is 372. The molecule has 1 saturated heterocycles. The van der Waals surface area contributed by atoms with Crippen LogP contribution in [0.4, 0.5) is 0 Å².